The molecule has 0 unspecified atom stereocenters. The summed E-state index contributed by atoms with van der Waals surface area (Å²) in [5, 5.41) is 2.68. The van der Waals surface area contributed by atoms with Gasteiger partial charge in [0, 0.05) is 19.6 Å². The van der Waals surface area contributed by atoms with Gasteiger partial charge in [-0.1, -0.05) is 0 Å². The molecule has 0 bridgehead atoms. The largest absolute Gasteiger partial charge is 0.372 e. The van der Waals surface area contributed by atoms with Gasteiger partial charge in [-0.3, -0.25) is 9.59 Å². The maximum Gasteiger partial charge on any atom is 0.245 e. The highest BCUT2D eigenvalue weighted by Crippen LogP contribution is 1.92. The van der Waals surface area contributed by atoms with Gasteiger partial charge in [0.1, 0.15) is 6.61 Å². The van der Waals surface area contributed by atoms with E-state index in [2.05, 4.69) is 5.32 Å². The first-order valence-corrected chi connectivity index (χ1v) is 4.79. The van der Waals surface area contributed by atoms with E-state index in [0.29, 0.717) is 26.0 Å². The Morgan fingerprint density at radius 1 is 1.36 bits per heavy atom. The zero-order valence-corrected chi connectivity index (χ0v) is 8.54. The molecule has 5 heteroatoms. The maximum absolute atomic E-state index is 11.0. The van der Waals surface area contributed by atoms with Crippen LogP contribution in [0.25, 0.3) is 0 Å². The molecule has 14 heavy (non-hydrogen) atoms. The molecule has 0 aliphatic carbocycles. The molecule has 0 saturated heterocycles. The average Bonchev–Trinajstić information content (AvgIpc) is 2.13. The number of hydrogen-bond donors (Lipinski definition) is 2. The lowest BCUT2D eigenvalue weighted by Gasteiger charge is -2.04. The van der Waals surface area contributed by atoms with Gasteiger partial charge in [0.05, 0.1) is 0 Å². The summed E-state index contributed by atoms with van der Waals surface area (Å²) in [7, 11) is 0. The van der Waals surface area contributed by atoms with Gasteiger partial charge in [0.15, 0.2) is 0 Å². The summed E-state index contributed by atoms with van der Waals surface area (Å²) in [5.74, 6) is -0.420. The molecule has 0 fully saturated rings. The minimum atomic E-state index is -0.300. The number of nitrogens with two attached hydrogens (primary N) is 1. The Morgan fingerprint density at radius 2 is 2.07 bits per heavy atom. The lowest BCUT2D eigenvalue weighted by Crippen LogP contribution is -2.28. The van der Waals surface area contributed by atoms with Crippen molar-refractivity contribution in [2.24, 2.45) is 5.73 Å². The van der Waals surface area contributed by atoms with Crippen LogP contribution in [-0.4, -0.2) is 31.6 Å². The van der Waals surface area contributed by atoms with Gasteiger partial charge >= 0.3 is 0 Å². The molecule has 0 radical (unpaired) electrons. The van der Waals surface area contributed by atoms with Crippen LogP contribution in [0.3, 0.4) is 0 Å². The average molecular weight is 202 g/mol. The molecule has 0 aromatic carbocycles. The smallest absolute Gasteiger partial charge is 0.245 e. The van der Waals surface area contributed by atoms with E-state index in [4.69, 9.17) is 10.5 Å². The predicted octanol–water partition coefficient (Wildman–Crippen LogP) is -0.205. The van der Waals surface area contributed by atoms with Gasteiger partial charge < -0.3 is 15.8 Å². The van der Waals surface area contributed by atoms with E-state index in [1.54, 1.807) is 0 Å². The molecule has 0 aromatic rings. The van der Waals surface area contributed by atoms with Crippen LogP contribution in [0.5, 0.6) is 0 Å². The van der Waals surface area contributed by atoms with Crippen LogP contribution in [0.1, 0.15) is 26.2 Å². The van der Waals surface area contributed by atoms with Gasteiger partial charge in [-0.25, -0.2) is 0 Å². The summed E-state index contributed by atoms with van der Waals surface area (Å²) >= 11 is 0. The highest BCUT2D eigenvalue weighted by molar-refractivity contribution is 5.77. The first-order chi connectivity index (χ1) is 6.66. The van der Waals surface area contributed by atoms with Crippen LogP contribution in [0.15, 0.2) is 0 Å². The third-order valence-electron chi connectivity index (χ3n) is 1.61. The molecular weight excluding hydrogens is 184 g/mol. The fraction of sp³-hybridized carbons (Fsp3) is 0.778. The number of rotatable bonds is 8. The summed E-state index contributed by atoms with van der Waals surface area (Å²) < 4.78 is 4.90. The molecule has 2 amide bonds. The predicted molar refractivity (Wildman–Crippen MR) is 52.5 cm³/mol. The van der Waals surface area contributed by atoms with Crippen molar-refractivity contribution in [1.29, 1.82) is 0 Å². The summed E-state index contributed by atoms with van der Waals surface area (Å²) in [4.78, 5) is 21.3. The highest BCUT2D eigenvalue weighted by atomic mass is 16.5. The zero-order valence-electron chi connectivity index (χ0n) is 8.54. The van der Waals surface area contributed by atoms with Crippen LogP contribution < -0.4 is 11.1 Å². The Morgan fingerprint density at radius 3 is 2.64 bits per heavy atom. The number of primary amides is 1. The fourth-order valence-electron chi connectivity index (χ4n) is 0.898. The lowest BCUT2D eigenvalue weighted by atomic mass is 10.2. The molecule has 0 aromatic heterocycles. The molecule has 0 saturated carbocycles. The maximum atomic E-state index is 11.0. The van der Waals surface area contributed by atoms with E-state index >= 15 is 0 Å². The first-order valence-electron chi connectivity index (χ1n) is 4.79. The third-order valence-corrected chi connectivity index (χ3v) is 1.61. The van der Waals surface area contributed by atoms with Crippen molar-refractivity contribution in [3.63, 3.8) is 0 Å². The van der Waals surface area contributed by atoms with Crippen LogP contribution in [0.4, 0.5) is 0 Å². The standard InChI is InChI=1S/C9H18N2O3/c1-2-14-7-9(13)11-6-4-3-5-8(10)12/h2-7H2,1H3,(H2,10,12)(H,11,13). The Hall–Kier alpha value is -1.10. The monoisotopic (exact) mass is 202 g/mol. The summed E-state index contributed by atoms with van der Waals surface area (Å²) in [6.07, 6.45) is 1.85. The number of hydrogen-bond acceptors (Lipinski definition) is 3. The number of carbonyl (C=O) groups excluding carboxylic acids is 2. The number of nitrogens with one attached hydrogen (secondary N) is 1. The Labute approximate surface area is 84.0 Å². The van der Waals surface area contributed by atoms with E-state index in [-0.39, 0.29) is 18.4 Å². The van der Waals surface area contributed by atoms with Crippen molar-refractivity contribution in [3.8, 4) is 0 Å². The second-order valence-electron chi connectivity index (χ2n) is 2.91. The Balaban J connectivity index is 3.19. The number of amides is 2. The number of ether oxygens (including phenoxy) is 1. The molecule has 82 valence electrons. The molecule has 0 atom stereocenters. The van der Waals surface area contributed by atoms with Gasteiger partial charge in [-0.15, -0.1) is 0 Å². The third kappa shape index (κ3) is 8.99. The molecule has 0 rings (SSSR count). The molecular formula is C9H18N2O3. The van der Waals surface area contributed by atoms with Crippen molar-refractivity contribution in [1.82, 2.24) is 5.32 Å². The molecule has 3 N–H and O–H groups in total. The second-order valence-corrected chi connectivity index (χ2v) is 2.91. The highest BCUT2D eigenvalue weighted by Gasteiger charge is 1.99. The van der Waals surface area contributed by atoms with E-state index < -0.39 is 0 Å². The minimum absolute atomic E-state index is 0.103. The van der Waals surface area contributed by atoms with Gasteiger partial charge in [-0.05, 0) is 19.8 Å². The SMILES string of the molecule is CCOCC(=O)NCCCCC(N)=O. The topological polar surface area (TPSA) is 81.4 Å². The molecule has 0 spiro atoms. The van der Waals surface area contributed by atoms with Gasteiger partial charge in [-0.2, -0.15) is 0 Å². The van der Waals surface area contributed by atoms with Crippen LogP contribution in [-0.2, 0) is 14.3 Å². The zero-order chi connectivity index (χ0) is 10.8. The second kappa shape index (κ2) is 8.50. The van der Waals surface area contributed by atoms with Crippen LogP contribution >= 0.6 is 0 Å². The fourth-order valence-corrected chi connectivity index (χ4v) is 0.898. The number of carbonyl (C=O) groups is 2. The van der Waals surface area contributed by atoms with Crippen molar-refractivity contribution in [2.45, 2.75) is 26.2 Å². The first kappa shape index (κ1) is 12.9. The minimum Gasteiger partial charge on any atom is -0.372 e. The van der Waals surface area contributed by atoms with E-state index in [1.165, 1.54) is 0 Å². The molecule has 0 aliphatic rings. The van der Waals surface area contributed by atoms with Crippen LogP contribution in [0.2, 0.25) is 0 Å². The van der Waals surface area contributed by atoms with Crippen molar-refractivity contribution < 1.29 is 14.3 Å². The van der Waals surface area contributed by atoms with E-state index in [9.17, 15) is 9.59 Å². The summed E-state index contributed by atoms with van der Waals surface area (Å²) in [5.41, 5.74) is 4.95. The van der Waals surface area contributed by atoms with E-state index in [1.807, 2.05) is 6.92 Å². The van der Waals surface area contributed by atoms with E-state index in [0.717, 1.165) is 6.42 Å². The normalized spacial score (nSPS) is 9.79. The Bertz CT molecular complexity index is 183. The summed E-state index contributed by atoms with van der Waals surface area (Å²) in [6.45, 7) is 3.04. The van der Waals surface area contributed by atoms with Crippen molar-refractivity contribution in [2.75, 3.05) is 19.8 Å². The number of unbranched alkanes of at least 4 members (excludes halogenated alkanes) is 1. The molecule has 0 aliphatic heterocycles. The van der Waals surface area contributed by atoms with Crippen molar-refractivity contribution >= 4 is 11.8 Å². The molecule has 5 nitrogen and oxygen atoms in total. The van der Waals surface area contributed by atoms with Crippen LogP contribution in [0, 0.1) is 0 Å². The lowest BCUT2D eigenvalue weighted by molar-refractivity contribution is -0.125. The summed E-state index contributed by atoms with van der Waals surface area (Å²) in [6, 6.07) is 0. The van der Waals surface area contributed by atoms with Gasteiger partial charge in [0.2, 0.25) is 11.8 Å². The van der Waals surface area contributed by atoms with Crippen molar-refractivity contribution in [3.05, 3.63) is 0 Å². The Kier molecular flexibility index (Phi) is 7.83. The quantitative estimate of drug-likeness (QED) is 0.534. The van der Waals surface area contributed by atoms with Gasteiger partial charge in [0.25, 0.3) is 0 Å². The molecule has 0 heterocycles.